The van der Waals surface area contributed by atoms with Crippen molar-refractivity contribution in [3.8, 4) is 0 Å². The van der Waals surface area contributed by atoms with E-state index in [-0.39, 0.29) is 102 Å². The first-order valence-electron chi connectivity index (χ1n) is 30.6. The Morgan fingerprint density at radius 3 is 1.10 bits per heavy atom. The van der Waals surface area contributed by atoms with Crippen LogP contribution in [0.2, 0.25) is 0 Å². The van der Waals surface area contributed by atoms with Gasteiger partial charge in [-0.2, -0.15) is 0 Å². The predicted octanol–water partition coefficient (Wildman–Crippen LogP) is 1.68. The minimum Gasteiger partial charge on any atom is -0.343 e. The number of hydrogen-bond acceptors (Lipinski definition) is 12. The Hall–Kier alpha value is -6.94. The number of carbonyl (C=O) groups is 10. The molecule has 10 atom stereocenters. The normalized spacial score (nSPS) is 27.5. The molecule has 0 radical (unpaired) electrons. The molecule has 460 valence electrons. The number of carbonyl (C=O) groups excluding carboxylic acids is 10. The second kappa shape index (κ2) is 29.2. The largest absolute Gasteiger partial charge is 0.343 e. The Kier molecular flexibility index (Phi) is 22.5. The number of nitrogens with two attached hydrogens (primary N) is 2. The quantitative estimate of drug-likeness (QED) is 0.151. The molecule has 0 spiro atoms. The Balaban J connectivity index is 1.29. The Bertz CT molecular complexity index is 2550. The van der Waals surface area contributed by atoms with Gasteiger partial charge in [0.1, 0.15) is 60.4 Å². The molecule has 0 bridgehead atoms. The van der Waals surface area contributed by atoms with Crippen molar-refractivity contribution < 1.29 is 47.9 Å². The molecule has 5 aliphatic rings. The maximum absolute atomic E-state index is 15.3. The summed E-state index contributed by atoms with van der Waals surface area (Å²) < 4.78 is 0. The summed E-state index contributed by atoms with van der Waals surface area (Å²) >= 11 is 0. The lowest BCUT2D eigenvalue weighted by atomic mass is 9.91. The fourth-order valence-corrected chi connectivity index (χ4v) is 12.5. The van der Waals surface area contributed by atoms with E-state index in [1.165, 1.54) is 19.6 Å². The maximum atomic E-state index is 15.3. The molecular formula is C62H92N12O10. The Morgan fingerprint density at radius 1 is 0.417 bits per heavy atom. The number of rotatable bonds is 12. The van der Waals surface area contributed by atoms with E-state index in [1.807, 2.05) is 76.2 Å². The SMILES string of the molecule is CC(C)C[C@@H]1NC(=O)[C@H](CCCN)NC(=O)[C@H](C(C)C)NC(=O)[C@@H]2CCCN2C(=O)[C@H]2Cc3ccccc3CN2C(=O)[C@H](CC(C)C)NC(=O)[C@H](CCCN)NC(=O)[C@H](C(C)C)NC(=O)[C@@H]2CCCN2C(=O)[C@H]2Cc3ccccc3CN2C1=O. The topological polar surface area (TPSA) is 308 Å². The van der Waals surface area contributed by atoms with Gasteiger partial charge in [-0.3, -0.25) is 47.9 Å². The molecule has 7 rings (SSSR count). The number of hydrogen-bond donors (Lipinski definition) is 8. The number of amides is 10. The summed E-state index contributed by atoms with van der Waals surface area (Å²) in [7, 11) is 0. The van der Waals surface area contributed by atoms with Crippen molar-refractivity contribution >= 4 is 59.1 Å². The zero-order valence-electron chi connectivity index (χ0n) is 50.5. The van der Waals surface area contributed by atoms with Crippen molar-refractivity contribution in [2.45, 2.75) is 206 Å². The second-order valence-corrected chi connectivity index (χ2v) is 25.1. The van der Waals surface area contributed by atoms with Gasteiger partial charge in [-0.25, -0.2) is 0 Å². The van der Waals surface area contributed by atoms with E-state index in [2.05, 4.69) is 31.9 Å². The van der Waals surface area contributed by atoms with Gasteiger partial charge in [0.25, 0.3) is 0 Å². The van der Waals surface area contributed by atoms with Crippen molar-refractivity contribution in [1.82, 2.24) is 51.5 Å². The minimum absolute atomic E-state index is 0.0292. The minimum atomic E-state index is -1.20. The van der Waals surface area contributed by atoms with Gasteiger partial charge in [0.05, 0.1) is 0 Å². The highest BCUT2D eigenvalue weighted by Crippen LogP contribution is 2.32. The number of fused-ring (bicyclic) bond motifs is 6. The summed E-state index contributed by atoms with van der Waals surface area (Å²) in [5, 5.41) is 17.4. The van der Waals surface area contributed by atoms with Crippen molar-refractivity contribution in [2.24, 2.45) is 35.1 Å². The van der Waals surface area contributed by atoms with Gasteiger partial charge in [-0.05, 0) is 123 Å². The van der Waals surface area contributed by atoms with Crippen molar-refractivity contribution in [1.29, 1.82) is 0 Å². The molecule has 10 amide bonds. The molecule has 0 aromatic heterocycles. The third-order valence-electron chi connectivity index (χ3n) is 17.1. The molecule has 10 N–H and O–H groups in total. The zero-order chi connectivity index (χ0) is 61.1. The Labute approximate surface area is 494 Å². The third-order valence-corrected chi connectivity index (χ3v) is 17.1. The second-order valence-electron chi connectivity index (χ2n) is 25.1. The van der Waals surface area contributed by atoms with Crippen LogP contribution in [0.25, 0.3) is 0 Å². The monoisotopic (exact) mass is 1160 g/mol. The van der Waals surface area contributed by atoms with Crippen LogP contribution in [0.15, 0.2) is 48.5 Å². The fraction of sp³-hybridized carbons (Fsp3) is 0.645. The molecule has 0 saturated carbocycles. The van der Waals surface area contributed by atoms with Crippen LogP contribution >= 0.6 is 0 Å². The molecule has 2 aromatic rings. The van der Waals surface area contributed by atoms with E-state index in [9.17, 15) is 28.8 Å². The Morgan fingerprint density at radius 2 is 0.762 bits per heavy atom. The summed E-state index contributed by atoms with van der Waals surface area (Å²) in [6.07, 6.45) is 2.85. The average molecular weight is 1170 g/mol. The predicted molar refractivity (Wildman–Crippen MR) is 315 cm³/mol. The highest BCUT2D eigenvalue weighted by atomic mass is 16.2. The van der Waals surface area contributed by atoms with Gasteiger partial charge in [-0.15, -0.1) is 0 Å². The number of benzene rings is 2. The van der Waals surface area contributed by atoms with Gasteiger partial charge in [0.2, 0.25) is 59.1 Å². The summed E-state index contributed by atoms with van der Waals surface area (Å²) in [5.74, 6) is -7.09. The molecule has 3 fully saturated rings. The van der Waals surface area contributed by atoms with Crippen LogP contribution < -0.4 is 43.4 Å². The highest BCUT2D eigenvalue weighted by Gasteiger charge is 2.47. The number of nitrogens with one attached hydrogen (secondary N) is 6. The zero-order valence-corrected chi connectivity index (χ0v) is 50.5. The third kappa shape index (κ3) is 15.5. The summed E-state index contributed by atoms with van der Waals surface area (Å²) in [6, 6.07) is 3.65. The highest BCUT2D eigenvalue weighted by molar-refractivity contribution is 6.00. The van der Waals surface area contributed by atoms with E-state index in [0.29, 0.717) is 25.7 Å². The van der Waals surface area contributed by atoms with Gasteiger partial charge >= 0.3 is 0 Å². The first kappa shape index (κ1) is 64.6. The lowest BCUT2D eigenvalue weighted by Gasteiger charge is -2.41. The van der Waals surface area contributed by atoms with Gasteiger partial charge < -0.3 is 63.0 Å². The molecule has 84 heavy (non-hydrogen) atoms. The van der Waals surface area contributed by atoms with E-state index >= 15 is 19.2 Å². The number of nitrogens with zero attached hydrogens (tertiary/aromatic N) is 4. The maximum Gasteiger partial charge on any atom is 0.246 e. The van der Waals surface area contributed by atoms with E-state index in [1.54, 1.807) is 27.7 Å². The lowest BCUT2D eigenvalue weighted by Crippen LogP contribution is -2.63. The van der Waals surface area contributed by atoms with Crippen LogP contribution in [-0.4, -0.2) is 165 Å². The van der Waals surface area contributed by atoms with Crippen LogP contribution in [0.5, 0.6) is 0 Å². The molecule has 2 aromatic carbocycles. The summed E-state index contributed by atoms with van der Waals surface area (Å²) in [4.78, 5) is 154. The van der Waals surface area contributed by atoms with Crippen molar-refractivity contribution in [3.05, 3.63) is 70.8 Å². The van der Waals surface area contributed by atoms with Crippen molar-refractivity contribution in [3.63, 3.8) is 0 Å². The first-order valence-corrected chi connectivity index (χ1v) is 30.6. The van der Waals surface area contributed by atoms with Crippen LogP contribution in [-0.2, 0) is 73.9 Å². The van der Waals surface area contributed by atoms with E-state index in [4.69, 9.17) is 11.5 Å². The standard InChI is InChI=1S/C62H92N12O10/c1-35(2)29-45-59(81)73-33-41-19-11-9-17-39(41)31-49(73)61(83)71-27-15-23-47(71)55(77)70-52(38(7)8)58(80)66-44(22-14-26-64)54(76)68-46(30-36(3)4)60(82)74-34-42-20-12-10-18-40(42)32-50(74)62(84)72-28-16-24-48(72)56(78)69-51(37(5)6)57(79)65-43(21-13-25-63)53(75)67-45/h9-12,17-20,35-38,43-52H,13-16,21-34,63-64H2,1-8H3,(H,65,79)(H,66,80)(H,67,75)(H,68,76)(H,69,78)(H,70,77)/t43-,44-,45-,46-,47-,48-,49+,50+,51-,52-/m0/s1. The van der Waals surface area contributed by atoms with Crippen LogP contribution in [0.1, 0.15) is 142 Å². The smallest absolute Gasteiger partial charge is 0.246 e. The van der Waals surface area contributed by atoms with Gasteiger partial charge in [-0.1, -0.05) is 104 Å². The van der Waals surface area contributed by atoms with E-state index in [0.717, 1.165) is 22.3 Å². The van der Waals surface area contributed by atoms with Crippen LogP contribution in [0, 0.1) is 23.7 Å². The molecular weight excluding hydrogens is 1070 g/mol. The lowest BCUT2D eigenvalue weighted by molar-refractivity contribution is -0.151. The summed E-state index contributed by atoms with van der Waals surface area (Å²) in [6.45, 7) is 15.4. The molecule has 22 nitrogen and oxygen atoms in total. The molecule has 0 aliphatic carbocycles. The average Bonchev–Trinajstić information content (AvgIpc) is 2.04. The van der Waals surface area contributed by atoms with E-state index < -0.39 is 131 Å². The molecule has 0 unspecified atom stereocenters. The van der Waals surface area contributed by atoms with Gasteiger partial charge in [0.15, 0.2) is 0 Å². The van der Waals surface area contributed by atoms with Crippen molar-refractivity contribution in [2.75, 3.05) is 26.2 Å². The van der Waals surface area contributed by atoms with Crippen LogP contribution in [0.3, 0.4) is 0 Å². The molecule has 5 heterocycles. The summed E-state index contributed by atoms with van der Waals surface area (Å²) in [5.41, 5.74) is 15.3. The fourth-order valence-electron chi connectivity index (χ4n) is 12.5. The first-order chi connectivity index (χ1) is 40.0. The van der Waals surface area contributed by atoms with Crippen LogP contribution in [0.4, 0.5) is 0 Å². The molecule has 22 heteroatoms. The van der Waals surface area contributed by atoms with Gasteiger partial charge in [0, 0.05) is 39.0 Å². The molecule has 5 aliphatic heterocycles. The molecule has 3 saturated heterocycles.